The third-order valence-corrected chi connectivity index (χ3v) is 6.07. The van der Waals surface area contributed by atoms with Crippen LogP contribution in [0.4, 0.5) is 13.2 Å². The summed E-state index contributed by atoms with van der Waals surface area (Å²) in [5.41, 5.74) is 4.72. The Hall–Kier alpha value is -3.49. The van der Waals surface area contributed by atoms with Crippen molar-refractivity contribution in [2.45, 2.75) is 31.9 Å². The normalized spacial score (nSPS) is 15.4. The summed E-state index contributed by atoms with van der Waals surface area (Å²) in [6, 6.07) is 19.3. The van der Waals surface area contributed by atoms with Gasteiger partial charge in [0.2, 0.25) is 0 Å². The number of nitrogens with one attached hydrogen (secondary N) is 1. The quantitative estimate of drug-likeness (QED) is 0.347. The van der Waals surface area contributed by atoms with Gasteiger partial charge >= 0.3 is 6.18 Å². The molecule has 1 aliphatic heterocycles. The van der Waals surface area contributed by atoms with Crippen LogP contribution in [0.5, 0.6) is 17.2 Å². The predicted octanol–water partition coefficient (Wildman–Crippen LogP) is 6.26. The molecule has 1 atom stereocenters. The van der Waals surface area contributed by atoms with Gasteiger partial charge in [-0.25, -0.2) is 0 Å². The summed E-state index contributed by atoms with van der Waals surface area (Å²) in [6.07, 6.45) is 0.447. The maximum Gasteiger partial charge on any atom is 0.411 e. The minimum absolute atomic E-state index is 0.0622. The number of halogens is 3. The zero-order chi connectivity index (χ0) is 26.3. The molecule has 0 radical (unpaired) electrons. The van der Waals surface area contributed by atoms with Crippen molar-refractivity contribution >= 4 is 6.08 Å². The molecule has 0 aliphatic carbocycles. The zero-order valence-corrected chi connectivity index (χ0v) is 20.8. The molecule has 0 spiro atoms. The number of fused-ring (bicyclic) bond motifs is 1. The first-order chi connectivity index (χ1) is 17.9. The number of alkyl halides is 3. The summed E-state index contributed by atoms with van der Waals surface area (Å²) >= 11 is 0. The number of benzene rings is 3. The Morgan fingerprint density at radius 3 is 2.43 bits per heavy atom. The van der Waals surface area contributed by atoms with Gasteiger partial charge in [0.1, 0.15) is 19.0 Å². The van der Waals surface area contributed by atoms with Gasteiger partial charge in [0.25, 0.3) is 0 Å². The fourth-order valence-electron chi connectivity index (χ4n) is 4.27. The first-order valence-electron chi connectivity index (χ1n) is 12.0. The molecule has 1 aliphatic rings. The van der Waals surface area contributed by atoms with Gasteiger partial charge < -0.3 is 24.3 Å². The monoisotopic (exact) mass is 513 g/mol. The molecule has 0 fully saturated rings. The molecular weight excluding hydrogens is 483 g/mol. The van der Waals surface area contributed by atoms with Gasteiger partial charge in [-0.15, -0.1) is 0 Å². The van der Waals surface area contributed by atoms with E-state index in [9.17, 15) is 13.2 Å². The van der Waals surface area contributed by atoms with E-state index in [-0.39, 0.29) is 12.6 Å². The van der Waals surface area contributed by atoms with Crippen molar-refractivity contribution < 1.29 is 32.1 Å². The van der Waals surface area contributed by atoms with Gasteiger partial charge in [0, 0.05) is 12.1 Å². The molecule has 37 heavy (non-hydrogen) atoms. The van der Waals surface area contributed by atoms with E-state index in [4.69, 9.17) is 18.9 Å². The summed E-state index contributed by atoms with van der Waals surface area (Å²) < 4.78 is 59.3. The number of hydrogen-bond donors (Lipinski definition) is 1. The average molecular weight is 514 g/mol. The van der Waals surface area contributed by atoms with Crippen LogP contribution in [0, 0.1) is 0 Å². The molecule has 0 amide bonds. The molecule has 0 bridgehead atoms. The molecular formula is C29H30F3NO4. The Balaban J connectivity index is 1.50. The second kappa shape index (κ2) is 12.2. The van der Waals surface area contributed by atoms with Crippen LogP contribution in [0.1, 0.15) is 33.9 Å². The van der Waals surface area contributed by atoms with Crippen LogP contribution < -0.4 is 19.5 Å². The van der Waals surface area contributed by atoms with E-state index in [0.29, 0.717) is 29.4 Å². The fourth-order valence-corrected chi connectivity index (χ4v) is 4.27. The summed E-state index contributed by atoms with van der Waals surface area (Å²) in [7, 11) is 3.10. The Morgan fingerprint density at radius 1 is 0.919 bits per heavy atom. The first-order valence-corrected chi connectivity index (χ1v) is 12.0. The van der Waals surface area contributed by atoms with Crippen LogP contribution in [0.3, 0.4) is 0 Å². The lowest BCUT2D eigenvalue weighted by atomic mass is 9.93. The second-order valence-corrected chi connectivity index (χ2v) is 8.70. The van der Waals surface area contributed by atoms with Crippen molar-refractivity contribution in [1.82, 2.24) is 5.32 Å². The number of hydrogen-bond acceptors (Lipinski definition) is 5. The van der Waals surface area contributed by atoms with E-state index in [1.54, 1.807) is 19.2 Å². The van der Waals surface area contributed by atoms with Crippen LogP contribution in [0.25, 0.3) is 6.08 Å². The smallest absolute Gasteiger partial charge is 0.411 e. The van der Waals surface area contributed by atoms with Crippen LogP contribution in [0.2, 0.25) is 0 Å². The Morgan fingerprint density at radius 2 is 1.70 bits per heavy atom. The molecule has 5 nitrogen and oxygen atoms in total. The molecule has 1 heterocycles. The molecule has 1 unspecified atom stereocenters. The highest BCUT2D eigenvalue weighted by molar-refractivity contribution is 5.56. The third-order valence-electron chi connectivity index (χ3n) is 6.07. The van der Waals surface area contributed by atoms with E-state index < -0.39 is 12.8 Å². The van der Waals surface area contributed by atoms with E-state index in [2.05, 4.69) is 5.32 Å². The summed E-state index contributed by atoms with van der Waals surface area (Å²) in [4.78, 5) is 0. The van der Waals surface area contributed by atoms with Gasteiger partial charge in [0.15, 0.2) is 11.5 Å². The Kier molecular flexibility index (Phi) is 8.74. The van der Waals surface area contributed by atoms with Crippen molar-refractivity contribution in [3.8, 4) is 17.2 Å². The van der Waals surface area contributed by atoms with Gasteiger partial charge in [-0.05, 0) is 52.9 Å². The van der Waals surface area contributed by atoms with Gasteiger partial charge in [0.05, 0.1) is 26.9 Å². The van der Waals surface area contributed by atoms with E-state index in [1.807, 2.05) is 60.7 Å². The van der Waals surface area contributed by atoms with E-state index in [0.717, 1.165) is 29.7 Å². The maximum absolute atomic E-state index is 12.5. The van der Waals surface area contributed by atoms with Gasteiger partial charge in [-0.3, -0.25) is 0 Å². The lowest BCUT2D eigenvalue weighted by Gasteiger charge is -2.26. The summed E-state index contributed by atoms with van der Waals surface area (Å²) in [6.45, 7) is -0.259. The van der Waals surface area contributed by atoms with Crippen molar-refractivity contribution in [2.24, 2.45) is 0 Å². The third kappa shape index (κ3) is 7.27. The van der Waals surface area contributed by atoms with Crippen molar-refractivity contribution in [1.29, 1.82) is 0 Å². The standard InChI is InChI=1S/C29H30F3NO4/c1-34-26-11-9-20(14-23(26)18-36-19-29(30,31)32)8-10-25-24-16-27(35-2)28(15-22(24)12-13-33-25)37-17-21-6-4-3-5-7-21/h3-11,14-16,25,33H,12-13,17-19H2,1-2H3. The lowest BCUT2D eigenvalue weighted by Crippen LogP contribution is -2.28. The lowest BCUT2D eigenvalue weighted by molar-refractivity contribution is -0.176. The molecule has 196 valence electrons. The highest BCUT2D eigenvalue weighted by atomic mass is 19.4. The second-order valence-electron chi connectivity index (χ2n) is 8.70. The SMILES string of the molecule is COc1ccc(C=CC2NCCc3cc(OCc4ccccc4)c(OC)cc32)cc1COCC(F)(F)F. The van der Waals surface area contributed by atoms with E-state index in [1.165, 1.54) is 12.7 Å². The minimum atomic E-state index is -4.38. The molecule has 3 aromatic rings. The fraction of sp³-hybridized carbons (Fsp3) is 0.310. The van der Waals surface area contributed by atoms with Crippen molar-refractivity contribution in [3.05, 3.63) is 94.6 Å². The molecule has 0 aromatic heterocycles. The van der Waals surface area contributed by atoms with Gasteiger partial charge in [-0.1, -0.05) is 48.6 Å². The molecule has 3 aromatic carbocycles. The Bertz CT molecular complexity index is 1210. The summed E-state index contributed by atoms with van der Waals surface area (Å²) in [5, 5.41) is 3.50. The molecule has 8 heteroatoms. The predicted molar refractivity (Wildman–Crippen MR) is 136 cm³/mol. The summed E-state index contributed by atoms with van der Waals surface area (Å²) in [5.74, 6) is 1.84. The maximum atomic E-state index is 12.5. The topological polar surface area (TPSA) is 49.0 Å². The highest BCUT2D eigenvalue weighted by Gasteiger charge is 2.27. The minimum Gasteiger partial charge on any atom is -0.496 e. The Labute approximate surface area is 214 Å². The average Bonchev–Trinajstić information content (AvgIpc) is 2.90. The van der Waals surface area contributed by atoms with Crippen LogP contribution in [-0.4, -0.2) is 33.5 Å². The van der Waals surface area contributed by atoms with Crippen LogP contribution in [0.15, 0.2) is 66.7 Å². The first kappa shape index (κ1) is 26.6. The van der Waals surface area contributed by atoms with E-state index >= 15 is 0 Å². The largest absolute Gasteiger partial charge is 0.496 e. The van der Waals surface area contributed by atoms with Crippen molar-refractivity contribution in [2.75, 3.05) is 27.4 Å². The number of rotatable bonds is 10. The molecule has 0 saturated heterocycles. The highest BCUT2D eigenvalue weighted by Crippen LogP contribution is 2.36. The molecule has 1 N–H and O–H groups in total. The van der Waals surface area contributed by atoms with Crippen molar-refractivity contribution in [3.63, 3.8) is 0 Å². The molecule has 0 saturated carbocycles. The van der Waals surface area contributed by atoms with Gasteiger partial charge in [-0.2, -0.15) is 13.2 Å². The number of methoxy groups -OCH3 is 2. The molecule has 4 rings (SSSR count). The number of ether oxygens (including phenoxy) is 4. The zero-order valence-electron chi connectivity index (χ0n) is 20.8. The van der Waals surface area contributed by atoms with Crippen LogP contribution in [-0.2, 0) is 24.4 Å². The van der Waals surface area contributed by atoms with Crippen LogP contribution >= 0.6 is 0 Å².